The predicted octanol–water partition coefficient (Wildman–Crippen LogP) is 0.872. The second kappa shape index (κ2) is 10.7. The van der Waals surface area contributed by atoms with Crippen LogP contribution in [-0.2, 0) is 10.1 Å². The van der Waals surface area contributed by atoms with E-state index >= 15 is 0 Å². The van der Waals surface area contributed by atoms with E-state index in [1.807, 2.05) is 6.07 Å². The van der Waals surface area contributed by atoms with Gasteiger partial charge in [-0.3, -0.25) is 0 Å². The maximum atomic E-state index is 11.7. The average Bonchev–Trinajstić information content (AvgIpc) is 2.34. The van der Waals surface area contributed by atoms with Gasteiger partial charge in [-0.15, -0.1) is 0 Å². The Bertz CT molecular complexity index is 423. The first-order valence-electron chi connectivity index (χ1n) is 6.61. The molecule has 1 aromatic carbocycles. The minimum Gasteiger partial charge on any atom is -1.00 e. The zero-order chi connectivity index (χ0) is 13.3. The van der Waals surface area contributed by atoms with E-state index < -0.39 is 10.1 Å². The molecule has 19 heavy (non-hydrogen) atoms. The van der Waals surface area contributed by atoms with E-state index in [1.54, 1.807) is 24.3 Å². The molecule has 0 fully saturated rings. The number of rotatable bonds is 9. The molecule has 0 bridgehead atoms. The van der Waals surface area contributed by atoms with Gasteiger partial charge in [0.1, 0.15) is 5.75 Å². The van der Waals surface area contributed by atoms with Gasteiger partial charge in [-0.25, -0.2) is 0 Å². The molecular formula is C14H23NaO3S. The van der Waals surface area contributed by atoms with E-state index in [0.29, 0.717) is 12.2 Å². The third-order valence-electron chi connectivity index (χ3n) is 2.71. The van der Waals surface area contributed by atoms with Crippen LogP contribution >= 0.6 is 0 Å². The number of unbranched alkanes of at least 4 members (excludes halogenated alkanes) is 5. The van der Waals surface area contributed by atoms with Crippen molar-refractivity contribution in [3.05, 3.63) is 30.3 Å². The van der Waals surface area contributed by atoms with Crippen LogP contribution < -0.4 is 33.7 Å². The number of para-hydroxylation sites is 1. The molecule has 0 N–H and O–H groups in total. The van der Waals surface area contributed by atoms with Crippen molar-refractivity contribution < 1.29 is 43.6 Å². The minimum atomic E-state index is -3.43. The molecule has 0 radical (unpaired) electrons. The first-order chi connectivity index (χ1) is 8.64. The normalized spacial score (nSPS) is 10.8. The van der Waals surface area contributed by atoms with Crippen LogP contribution in [0.5, 0.6) is 5.75 Å². The Labute approximate surface area is 140 Å². The molecule has 0 aliphatic rings. The molecule has 0 saturated carbocycles. The van der Waals surface area contributed by atoms with Gasteiger partial charge in [0, 0.05) is 0 Å². The van der Waals surface area contributed by atoms with Gasteiger partial charge in [0.15, 0.2) is 0 Å². The van der Waals surface area contributed by atoms with Crippen LogP contribution in [0.4, 0.5) is 0 Å². The van der Waals surface area contributed by atoms with E-state index in [4.69, 9.17) is 4.18 Å². The molecule has 1 aromatic rings. The SMILES string of the molecule is CCCCCCCCS(=O)(=O)Oc1ccccc1.[H-].[Na+]. The molecule has 1 rings (SSSR count). The Morgan fingerprint density at radius 3 is 2.21 bits per heavy atom. The van der Waals surface area contributed by atoms with Crippen LogP contribution in [0, 0.1) is 0 Å². The van der Waals surface area contributed by atoms with Crippen molar-refractivity contribution in [2.24, 2.45) is 0 Å². The van der Waals surface area contributed by atoms with Gasteiger partial charge in [0.25, 0.3) is 0 Å². The summed E-state index contributed by atoms with van der Waals surface area (Å²) in [5, 5.41) is 0. The summed E-state index contributed by atoms with van der Waals surface area (Å²) in [6.07, 6.45) is 6.36. The Morgan fingerprint density at radius 2 is 1.58 bits per heavy atom. The van der Waals surface area contributed by atoms with Gasteiger partial charge in [0.2, 0.25) is 0 Å². The maximum absolute atomic E-state index is 11.7. The molecule has 0 heterocycles. The van der Waals surface area contributed by atoms with E-state index in [0.717, 1.165) is 12.8 Å². The predicted molar refractivity (Wildman–Crippen MR) is 75.3 cm³/mol. The molecule has 0 unspecified atom stereocenters. The molecule has 5 heteroatoms. The topological polar surface area (TPSA) is 43.4 Å². The second-order valence-corrected chi connectivity index (χ2v) is 6.12. The third kappa shape index (κ3) is 9.50. The third-order valence-corrected chi connectivity index (χ3v) is 3.95. The number of hydrogen-bond acceptors (Lipinski definition) is 3. The van der Waals surface area contributed by atoms with Crippen molar-refractivity contribution >= 4 is 10.1 Å². The fraction of sp³-hybridized carbons (Fsp3) is 0.571. The quantitative estimate of drug-likeness (QED) is 0.386. The summed E-state index contributed by atoms with van der Waals surface area (Å²) in [6, 6.07) is 8.65. The van der Waals surface area contributed by atoms with Crippen molar-refractivity contribution in [2.75, 3.05) is 5.75 Å². The van der Waals surface area contributed by atoms with E-state index in [-0.39, 0.29) is 36.7 Å². The molecule has 0 aliphatic heterocycles. The molecule has 104 valence electrons. The fourth-order valence-corrected chi connectivity index (χ4v) is 2.77. The van der Waals surface area contributed by atoms with E-state index in [1.165, 1.54) is 19.3 Å². The zero-order valence-electron chi connectivity index (χ0n) is 13.0. The summed E-state index contributed by atoms with van der Waals surface area (Å²) in [4.78, 5) is 0. The van der Waals surface area contributed by atoms with Gasteiger partial charge >= 0.3 is 39.7 Å². The van der Waals surface area contributed by atoms with E-state index in [9.17, 15) is 8.42 Å². The van der Waals surface area contributed by atoms with Crippen LogP contribution in [0.15, 0.2) is 30.3 Å². The van der Waals surface area contributed by atoms with Crippen LogP contribution in [0.25, 0.3) is 0 Å². The molecule has 0 amide bonds. The first kappa shape index (κ1) is 19.0. The smallest absolute Gasteiger partial charge is 1.00 e. The minimum absolute atomic E-state index is 0. The van der Waals surface area contributed by atoms with Crippen molar-refractivity contribution in [3.63, 3.8) is 0 Å². The summed E-state index contributed by atoms with van der Waals surface area (Å²) in [5.74, 6) is 0.497. The molecule has 0 saturated heterocycles. The van der Waals surface area contributed by atoms with Crippen molar-refractivity contribution in [1.29, 1.82) is 0 Å². The van der Waals surface area contributed by atoms with Gasteiger partial charge in [-0.1, -0.05) is 57.2 Å². The number of hydrogen-bond donors (Lipinski definition) is 0. The Balaban J connectivity index is 0. The van der Waals surface area contributed by atoms with Gasteiger partial charge in [0.05, 0.1) is 5.75 Å². The summed E-state index contributed by atoms with van der Waals surface area (Å²) >= 11 is 0. The second-order valence-electron chi connectivity index (χ2n) is 4.43. The largest absolute Gasteiger partial charge is 1.00 e. The maximum Gasteiger partial charge on any atom is 1.00 e. The van der Waals surface area contributed by atoms with Crippen molar-refractivity contribution in [3.8, 4) is 5.75 Å². The molecule has 0 aliphatic carbocycles. The van der Waals surface area contributed by atoms with Crippen LogP contribution in [0.1, 0.15) is 46.9 Å². The van der Waals surface area contributed by atoms with Crippen molar-refractivity contribution in [2.45, 2.75) is 45.4 Å². The van der Waals surface area contributed by atoms with E-state index in [2.05, 4.69) is 6.92 Å². The number of benzene rings is 1. The van der Waals surface area contributed by atoms with Gasteiger partial charge < -0.3 is 5.61 Å². The monoisotopic (exact) mass is 294 g/mol. The summed E-state index contributed by atoms with van der Waals surface area (Å²) in [7, 11) is -3.43. The standard InChI is InChI=1S/C14H22O3S.Na.H/c1-2-3-4-5-6-10-13-18(15,16)17-14-11-8-7-9-12-14;;/h7-9,11-12H,2-6,10,13H2,1H3;;/q;+1;-1. The summed E-state index contributed by atoms with van der Waals surface area (Å²) in [6.45, 7) is 2.16. The first-order valence-corrected chi connectivity index (χ1v) is 8.19. The molecule has 0 atom stereocenters. The average molecular weight is 294 g/mol. The molecule has 0 spiro atoms. The Kier molecular flexibility index (Phi) is 10.7. The summed E-state index contributed by atoms with van der Waals surface area (Å²) < 4.78 is 28.3. The zero-order valence-corrected chi connectivity index (χ0v) is 14.8. The van der Waals surface area contributed by atoms with Gasteiger partial charge in [-0.05, 0) is 18.6 Å². The molecule has 0 aromatic heterocycles. The Hall–Kier alpha value is -0.0300. The molecule has 3 nitrogen and oxygen atoms in total. The van der Waals surface area contributed by atoms with Crippen LogP contribution in [0.3, 0.4) is 0 Å². The summed E-state index contributed by atoms with van der Waals surface area (Å²) in [5.41, 5.74) is 0. The fourth-order valence-electron chi connectivity index (χ4n) is 1.72. The van der Waals surface area contributed by atoms with Crippen LogP contribution in [-0.4, -0.2) is 14.2 Å². The molecular weight excluding hydrogens is 271 g/mol. The van der Waals surface area contributed by atoms with Crippen molar-refractivity contribution in [1.82, 2.24) is 0 Å². The Morgan fingerprint density at radius 1 is 1.00 bits per heavy atom. The van der Waals surface area contributed by atoms with Crippen LogP contribution in [0.2, 0.25) is 0 Å². The van der Waals surface area contributed by atoms with Gasteiger partial charge in [-0.2, -0.15) is 8.42 Å².